The molecular formula is C19H25NO2. The molecule has 1 amide bonds. The van der Waals surface area contributed by atoms with Gasteiger partial charge in [-0.15, -0.1) is 0 Å². The molecule has 1 saturated heterocycles. The zero-order valence-electron chi connectivity index (χ0n) is 13.9. The molecule has 0 radical (unpaired) electrons. The van der Waals surface area contributed by atoms with E-state index in [1.54, 1.807) is 0 Å². The molecule has 1 aromatic rings. The van der Waals surface area contributed by atoms with Crippen molar-refractivity contribution < 1.29 is 9.53 Å². The molecule has 1 heterocycles. The van der Waals surface area contributed by atoms with Crippen LogP contribution in [0.3, 0.4) is 0 Å². The van der Waals surface area contributed by atoms with Crippen molar-refractivity contribution in [1.29, 1.82) is 0 Å². The largest absolute Gasteiger partial charge is 0.444 e. The van der Waals surface area contributed by atoms with Crippen molar-refractivity contribution in [2.75, 3.05) is 13.1 Å². The van der Waals surface area contributed by atoms with Gasteiger partial charge in [-0.05, 0) is 44.2 Å². The highest BCUT2D eigenvalue weighted by atomic mass is 16.6. The first-order valence-electron chi connectivity index (χ1n) is 8.08. The Kier molecular flexibility index (Phi) is 3.54. The van der Waals surface area contributed by atoms with Crippen molar-refractivity contribution in [3.63, 3.8) is 0 Å². The number of amides is 1. The zero-order valence-corrected chi connectivity index (χ0v) is 13.9. The normalized spacial score (nSPS) is 27.1. The van der Waals surface area contributed by atoms with Crippen molar-refractivity contribution in [2.24, 2.45) is 5.92 Å². The van der Waals surface area contributed by atoms with Gasteiger partial charge in [-0.25, -0.2) is 4.79 Å². The van der Waals surface area contributed by atoms with Gasteiger partial charge in [0.2, 0.25) is 0 Å². The Morgan fingerprint density at radius 1 is 1.32 bits per heavy atom. The fourth-order valence-electron chi connectivity index (χ4n) is 3.69. The summed E-state index contributed by atoms with van der Waals surface area (Å²) in [6, 6.07) is 8.60. The quantitative estimate of drug-likeness (QED) is 0.717. The van der Waals surface area contributed by atoms with Crippen LogP contribution >= 0.6 is 0 Å². The SMILES string of the molecule is C[C@H]1CN(C(=O)OC(C)(C)C)CC[C@@]12C=Cc1ccccc12. The molecule has 1 spiro atoms. The van der Waals surface area contributed by atoms with Crippen LogP contribution in [0, 0.1) is 5.92 Å². The van der Waals surface area contributed by atoms with E-state index < -0.39 is 5.60 Å². The van der Waals surface area contributed by atoms with Crippen LogP contribution in [0.1, 0.15) is 45.2 Å². The van der Waals surface area contributed by atoms with Gasteiger partial charge in [0.15, 0.2) is 0 Å². The van der Waals surface area contributed by atoms with E-state index in [4.69, 9.17) is 4.74 Å². The van der Waals surface area contributed by atoms with Gasteiger partial charge < -0.3 is 9.64 Å². The summed E-state index contributed by atoms with van der Waals surface area (Å²) < 4.78 is 5.52. The minimum absolute atomic E-state index is 0.0785. The van der Waals surface area contributed by atoms with E-state index in [-0.39, 0.29) is 11.5 Å². The van der Waals surface area contributed by atoms with E-state index >= 15 is 0 Å². The molecule has 0 unspecified atom stereocenters. The average molecular weight is 299 g/mol. The highest BCUT2D eigenvalue weighted by molar-refractivity contribution is 5.70. The molecule has 22 heavy (non-hydrogen) atoms. The number of carbonyl (C=O) groups is 1. The van der Waals surface area contributed by atoms with Crippen LogP contribution in [-0.4, -0.2) is 29.7 Å². The van der Waals surface area contributed by atoms with Gasteiger partial charge in [0.05, 0.1) is 0 Å². The second-order valence-corrected chi connectivity index (χ2v) is 7.54. The summed E-state index contributed by atoms with van der Waals surface area (Å²) in [5.74, 6) is 0.383. The molecule has 1 fully saturated rings. The molecule has 2 atom stereocenters. The molecule has 2 aliphatic rings. The summed E-state index contributed by atoms with van der Waals surface area (Å²) in [7, 11) is 0. The zero-order chi connectivity index (χ0) is 16.0. The number of allylic oxidation sites excluding steroid dienone is 1. The lowest BCUT2D eigenvalue weighted by atomic mass is 9.68. The van der Waals surface area contributed by atoms with Crippen molar-refractivity contribution in [2.45, 2.75) is 45.1 Å². The highest BCUT2D eigenvalue weighted by Gasteiger charge is 2.44. The van der Waals surface area contributed by atoms with Crippen LogP contribution in [-0.2, 0) is 10.2 Å². The van der Waals surface area contributed by atoms with Crippen molar-refractivity contribution in [3.8, 4) is 0 Å². The standard InChI is InChI=1S/C19H25NO2/c1-14-13-20(17(21)22-18(2,3)4)12-11-19(14)10-9-15-7-5-6-8-16(15)19/h5-10,14H,11-13H2,1-4H3/t14-,19-/m0/s1. The maximum atomic E-state index is 12.3. The van der Waals surface area contributed by atoms with Crippen LogP contribution < -0.4 is 0 Å². The first-order chi connectivity index (χ1) is 10.3. The Hall–Kier alpha value is -1.77. The van der Waals surface area contributed by atoms with Crippen molar-refractivity contribution in [1.82, 2.24) is 4.90 Å². The molecule has 3 rings (SSSR count). The molecule has 1 aromatic carbocycles. The summed E-state index contributed by atoms with van der Waals surface area (Å²) in [6.07, 6.45) is 5.34. The number of rotatable bonds is 0. The molecule has 0 bridgehead atoms. The molecule has 3 nitrogen and oxygen atoms in total. The fraction of sp³-hybridized carbons (Fsp3) is 0.526. The predicted octanol–water partition coefficient (Wildman–Crippen LogP) is 4.23. The lowest BCUT2D eigenvalue weighted by Gasteiger charge is -2.44. The first-order valence-corrected chi connectivity index (χ1v) is 8.08. The van der Waals surface area contributed by atoms with E-state index in [1.165, 1.54) is 11.1 Å². The Balaban J connectivity index is 1.77. The number of hydrogen-bond donors (Lipinski definition) is 0. The van der Waals surface area contributed by atoms with Crippen molar-refractivity contribution >= 4 is 12.2 Å². The number of carbonyl (C=O) groups excluding carboxylic acids is 1. The Morgan fingerprint density at radius 3 is 2.73 bits per heavy atom. The van der Waals surface area contributed by atoms with Gasteiger partial charge in [-0.2, -0.15) is 0 Å². The highest BCUT2D eigenvalue weighted by Crippen LogP contribution is 2.46. The molecule has 0 saturated carbocycles. The molecular weight excluding hydrogens is 274 g/mol. The van der Waals surface area contributed by atoms with E-state index in [0.717, 1.165) is 19.5 Å². The Labute approximate surface area is 133 Å². The van der Waals surface area contributed by atoms with E-state index in [9.17, 15) is 4.79 Å². The average Bonchev–Trinajstić information content (AvgIpc) is 2.80. The molecule has 0 aromatic heterocycles. The predicted molar refractivity (Wildman–Crippen MR) is 88.7 cm³/mol. The summed E-state index contributed by atoms with van der Waals surface area (Å²) in [6.45, 7) is 9.47. The van der Waals surface area contributed by atoms with Crippen LogP contribution in [0.4, 0.5) is 4.79 Å². The maximum absolute atomic E-state index is 12.3. The second-order valence-electron chi connectivity index (χ2n) is 7.54. The lowest BCUT2D eigenvalue weighted by Crippen LogP contribution is -2.50. The minimum Gasteiger partial charge on any atom is -0.444 e. The van der Waals surface area contributed by atoms with E-state index in [1.807, 2.05) is 25.7 Å². The topological polar surface area (TPSA) is 29.5 Å². The third-order valence-corrected chi connectivity index (χ3v) is 4.84. The van der Waals surface area contributed by atoms with Gasteiger partial charge in [-0.1, -0.05) is 43.3 Å². The summed E-state index contributed by atoms with van der Waals surface area (Å²) >= 11 is 0. The van der Waals surface area contributed by atoms with Crippen LogP contribution in [0.15, 0.2) is 30.3 Å². The van der Waals surface area contributed by atoms with Gasteiger partial charge >= 0.3 is 6.09 Å². The van der Waals surface area contributed by atoms with Crippen LogP contribution in [0.5, 0.6) is 0 Å². The van der Waals surface area contributed by atoms with Gasteiger partial charge in [0.1, 0.15) is 5.60 Å². The number of benzene rings is 1. The molecule has 3 heteroatoms. The maximum Gasteiger partial charge on any atom is 0.410 e. The van der Waals surface area contributed by atoms with Gasteiger partial charge in [-0.3, -0.25) is 0 Å². The van der Waals surface area contributed by atoms with Crippen molar-refractivity contribution in [3.05, 3.63) is 41.5 Å². The van der Waals surface area contributed by atoms with E-state index in [2.05, 4.69) is 43.3 Å². The van der Waals surface area contributed by atoms with Crippen LogP contribution in [0.25, 0.3) is 6.08 Å². The van der Waals surface area contributed by atoms with E-state index in [0.29, 0.717) is 5.92 Å². The molecule has 1 aliphatic heterocycles. The van der Waals surface area contributed by atoms with Gasteiger partial charge in [0.25, 0.3) is 0 Å². The Morgan fingerprint density at radius 2 is 2.05 bits per heavy atom. The smallest absolute Gasteiger partial charge is 0.410 e. The summed E-state index contributed by atoms with van der Waals surface area (Å²) in [4.78, 5) is 14.2. The number of ether oxygens (including phenoxy) is 1. The number of hydrogen-bond acceptors (Lipinski definition) is 2. The third-order valence-electron chi connectivity index (χ3n) is 4.84. The summed E-state index contributed by atoms with van der Waals surface area (Å²) in [5, 5.41) is 0. The number of fused-ring (bicyclic) bond motifs is 2. The number of nitrogens with zero attached hydrogens (tertiary/aromatic N) is 1. The molecule has 118 valence electrons. The minimum atomic E-state index is -0.435. The second kappa shape index (κ2) is 5.15. The third kappa shape index (κ3) is 2.53. The molecule has 0 N–H and O–H groups in total. The number of piperidine rings is 1. The first kappa shape index (κ1) is 15.1. The lowest BCUT2D eigenvalue weighted by molar-refractivity contribution is 0.0116. The molecule has 1 aliphatic carbocycles. The van der Waals surface area contributed by atoms with Crippen LogP contribution in [0.2, 0.25) is 0 Å². The Bertz CT molecular complexity index is 614. The fourth-order valence-corrected chi connectivity index (χ4v) is 3.69. The monoisotopic (exact) mass is 299 g/mol. The number of likely N-dealkylation sites (tertiary alicyclic amines) is 1. The summed E-state index contributed by atoms with van der Waals surface area (Å²) in [5.41, 5.74) is 2.37. The van der Waals surface area contributed by atoms with Gasteiger partial charge in [0, 0.05) is 18.5 Å².